The van der Waals surface area contributed by atoms with E-state index in [1.54, 1.807) is 43.0 Å². The third-order valence-corrected chi connectivity index (χ3v) is 12.6. The van der Waals surface area contributed by atoms with Crippen LogP contribution in [-0.4, -0.2) is 84.3 Å². The van der Waals surface area contributed by atoms with Crippen LogP contribution in [0.5, 0.6) is 28.7 Å². The number of aryl methyl sites for hydroxylation is 1. The number of thioether (sulfide) groups is 1. The number of rotatable bonds is 7. The molecule has 4 aliphatic rings. The summed E-state index contributed by atoms with van der Waals surface area (Å²) in [6, 6.07) is 9.32. The van der Waals surface area contributed by atoms with Gasteiger partial charge in [0.1, 0.15) is 29.5 Å². The number of nitrogens with one attached hydrogen (secondary N) is 1. The summed E-state index contributed by atoms with van der Waals surface area (Å²) in [5.41, 5.74) is 2.90. The molecule has 8 rings (SSSR count). The number of hydrogen-bond donors (Lipinski definition) is 2. The Kier molecular flexibility index (Phi) is 9.79. The summed E-state index contributed by atoms with van der Waals surface area (Å²) in [6.07, 6.45) is -0.732. The van der Waals surface area contributed by atoms with Gasteiger partial charge in [0, 0.05) is 46.6 Å². The second-order valence-electron chi connectivity index (χ2n) is 14.4. The standard InChI is InChI=1S/C41H40N4O11S/c1-7-57-38-30-29(37-36(53-17-54-37)19(3)35(30)55-20(4)46)26(16-52-41(50)43-39(48)23-13-21-10-8-9-11-27(21)56-40(23)49)45-25(15-42)24-14-22-12-18(2)34(51-6)33(47)28(22)31(32(38)45)44(24)5/h8-13,24-26,31-32,38,47H,7,14,16-17H2,1-6H3,(H,43,48,50)/t24-,25+,26+,31+,32?,38-/m1/s1. The second-order valence-corrected chi connectivity index (χ2v) is 15.8. The summed E-state index contributed by atoms with van der Waals surface area (Å²) in [6.45, 7) is 6.40. The van der Waals surface area contributed by atoms with Crippen LogP contribution in [0.3, 0.4) is 0 Å². The topological polar surface area (TPSA) is 190 Å². The fourth-order valence-corrected chi connectivity index (χ4v) is 10.4. The molecule has 1 aromatic heterocycles. The molecule has 57 heavy (non-hydrogen) atoms. The number of likely N-dealkylation sites (N-methyl/N-ethyl adjacent to an activating group) is 1. The van der Waals surface area contributed by atoms with E-state index in [-0.39, 0.29) is 29.9 Å². The monoisotopic (exact) mass is 796 g/mol. The Balaban J connectivity index is 1.28. The highest BCUT2D eigenvalue weighted by atomic mass is 32.2. The van der Waals surface area contributed by atoms with Gasteiger partial charge in [-0.2, -0.15) is 17.0 Å². The number of para-hydroxylation sites is 1. The Morgan fingerprint density at radius 1 is 1.09 bits per heavy atom. The van der Waals surface area contributed by atoms with Gasteiger partial charge in [-0.15, -0.1) is 0 Å². The minimum absolute atomic E-state index is 0.00450. The highest BCUT2D eigenvalue weighted by molar-refractivity contribution is 7.99. The molecule has 1 fully saturated rings. The zero-order valence-electron chi connectivity index (χ0n) is 32.0. The molecule has 16 heteroatoms. The molecular formula is C41H40N4O11S. The number of phenolic OH excluding ortho intramolecular Hbond substituents is 1. The van der Waals surface area contributed by atoms with Gasteiger partial charge in [-0.1, -0.05) is 31.2 Å². The fourth-order valence-electron chi connectivity index (χ4n) is 9.19. The number of imide groups is 1. The van der Waals surface area contributed by atoms with Gasteiger partial charge in [-0.05, 0) is 56.3 Å². The molecule has 0 saturated carbocycles. The van der Waals surface area contributed by atoms with Crippen LogP contribution in [0.2, 0.25) is 0 Å². The number of esters is 1. The van der Waals surface area contributed by atoms with Crippen molar-refractivity contribution in [1.29, 1.82) is 5.26 Å². The molecule has 5 heterocycles. The molecule has 0 aliphatic carbocycles. The van der Waals surface area contributed by atoms with Gasteiger partial charge < -0.3 is 33.2 Å². The molecule has 6 atom stereocenters. The lowest BCUT2D eigenvalue weighted by molar-refractivity contribution is -0.132. The van der Waals surface area contributed by atoms with Crippen LogP contribution in [0.25, 0.3) is 11.0 Å². The molecule has 4 aromatic rings. The molecule has 2 N–H and O–H groups in total. The maximum Gasteiger partial charge on any atom is 0.414 e. The highest BCUT2D eigenvalue weighted by Gasteiger charge is 2.60. The minimum atomic E-state index is -1.15. The largest absolute Gasteiger partial charge is 0.504 e. The predicted molar refractivity (Wildman–Crippen MR) is 206 cm³/mol. The van der Waals surface area contributed by atoms with Crippen LogP contribution in [-0.2, 0) is 16.0 Å². The molecule has 4 aliphatic heterocycles. The molecule has 2 amide bonds. The van der Waals surface area contributed by atoms with E-state index in [1.165, 1.54) is 20.1 Å². The van der Waals surface area contributed by atoms with Crippen molar-refractivity contribution in [3.8, 4) is 34.8 Å². The van der Waals surface area contributed by atoms with Gasteiger partial charge >= 0.3 is 17.7 Å². The first-order valence-electron chi connectivity index (χ1n) is 18.4. The van der Waals surface area contributed by atoms with E-state index in [1.807, 2.05) is 31.9 Å². The average Bonchev–Trinajstić information content (AvgIpc) is 3.66. The third kappa shape index (κ3) is 6.03. The normalized spacial score (nSPS) is 23.1. The average molecular weight is 797 g/mol. The molecule has 2 bridgehead atoms. The summed E-state index contributed by atoms with van der Waals surface area (Å²) < 4.78 is 34.9. The number of carbonyl (C=O) groups is 3. The molecule has 0 spiro atoms. The maximum atomic E-state index is 13.5. The van der Waals surface area contributed by atoms with Crippen molar-refractivity contribution in [1.82, 2.24) is 15.1 Å². The number of piperazine rings is 1. The summed E-state index contributed by atoms with van der Waals surface area (Å²) >= 11 is 1.58. The van der Waals surface area contributed by atoms with E-state index < -0.39 is 65.2 Å². The zero-order chi connectivity index (χ0) is 40.4. The van der Waals surface area contributed by atoms with E-state index in [9.17, 15) is 29.5 Å². The number of aromatic hydroxyl groups is 1. The van der Waals surface area contributed by atoms with Crippen molar-refractivity contribution < 1.29 is 47.6 Å². The number of phenols is 1. The first kappa shape index (κ1) is 38.1. The zero-order valence-corrected chi connectivity index (χ0v) is 32.9. The Labute approximate surface area is 331 Å². The van der Waals surface area contributed by atoms with Crippen molar-refractivity contribution in [2.75, 3.05) is 33.3 Å². The summed E-state index contributed by atoms with van der Waals surface area (Å²) in [4.78, 5) is 56.5. The Morgan fingerprint density at radius 3 is 2.56 bits per heavy atom. The number of carbonyl (C=O) groups excluding carboxylic acids is 3. The Bertz CT molecular complexity index is 2460. The molecule has 3 aromatic carbocycles. The SMILES string of the molecule is CCS[C@@H]1c2c(OC(C)=O)c(C)c3c(c2[C@H](COC(=O)NC(=O)c2cc4ccccc4oc2=O)N2C1[C@@H]1c4c(cc(C)c(OC)c4O)C[C@H]([C@@H]2C#N)N1C)OCO3. The molecule has 1 saturated heterocycles. The number of methoxy groups -OCH3 is 1. The molecule has 0 radical (unpaired) electrons. The number of ether oxygens (including phenoxy) is 5. The lowest BCUT2D eigenvalue weighted by atomic mass is 9.71. The number of alkyl carbamates (subject to hydrolysis) is 1. The number of hydrogen-bond acceptors (Lipinski definition) is 15. The molecule has 1 unspecified atom stereocenters. The second kappa shape index (κ2) is 14.6. The summed E-state index contributed by atoms with van der Waals surface area (Å²) in [7, 11) is 3.43. The van der Waals surface area contributed by atoms with Crippen molar-refractivity contribution in [3.63, 3.8) is 0 Å². The predicted octanol–water partition coefficient (Wildman–Crippen LogP) is 5.37. The number of benzene rings is 3. The number of nitrogens with zero attached hydrogens (tertiary/aromatic N) is 3. The third-order valence-electron chi connectivity index (χ3n) is 11.4. The van der Waals surface area contributed by atoms with E-state index in [4.69, 9.17) is 28.1 Å². The van der Waals surface area contributed by atoms with Gasteiger partial charge in [0.15, 0.2) is 23.0 Å². The summed E-state index contributed by atoms with van der Waals surface area (Å²) in [5, 5.41) is 25.2. The number of amides is 2. The van der Waals surface area contributed by atoms with E-state index in [2.05, 4.69) is 16.3 Å². The van der Waals surface area contributed by atoms with E-state index in [0.29, 0.717) is 57.1 Å². The summed E-state index contributed by atoms with van der Waals surface area (Å²) in [5.74, 6) is 0.334. The van der Waals surface area contributed by atoms with Crippen molar-refractivity contribution >= 4 is 40.7 Å². The van der Waals surface area contributed by atoms with E-state index >= 15 is 0 Å². The van der Waals surface area contributed by atoms with Gasteiger partial charge in [0.25, 0.3) is 5.91 Å². The minimum Gasteiger partial charge on any atom is -0.504 e. The lowest BCUT2D eigenvalue weighted by Gasteiger charge is -2.61. The first-order chi connectivity index (χ1) is 27.4. The number of fused-ring (bicyclic) bond motifs is 10. The van der Waals surface area contributed by atoms with Crippen LogP contribution in [0.15, 0.2) is 45.6 Å². The van der Waals surface area contributed by atoms with Gasteiger partial charge in [-0.3, -0.25) is 24.7 Å². The maximum absolute atomic E-state index is 13.5. The van der Waals surface area contributed by atoms with Crippen LogP contribution >= 0.6 is 11.8 Å². The van der Waals surface area contributed by atoms with Gasteiger partial charge in [0.2, 0.25) is 6.79 Å². The highest BCUT2D eigenvalue weighted by Crippen LogP contribution is 2.63. The quantitative estimate of drug-likeness (QED) is 0.138. The van der Waals surface area contributed by atoms with Gasteiger partial charge in [0.05, 0.1) is 30.5 Å². The van der Waals surface area contributed by atoms with Crippen molar-refractivity contribution in [2.24, 2.45) is 0 Å². The lowest BCUT2D eigenvalue weighted by Crippen LogP contribution is -2.69. The van der Waals surface area contributed by atoms with E-state index in [0.717, 1.165) is 11.1 Å². The molecule has 15 nitrogen and oxygen atoms in total. The Morgan fingerprint density at radius 2 is 1.84 bits per heavy atom. The molecule has 296 valence electrons. The first-order valence-corrected chi connectivity index (χ1v) is 19.5. The fraction of sp³-hybridized carbons (Fsp3) is 0.390. The van der Waals surface area contributed by atoms with Gasteiger partial charge in [-0.25, -0.2) is 9.59 Å². The molecular weight excluding hydrogens is 757 g/mol. The van der Waals surface area contributed by atoms with Crippen LogP contribution in [0.4, 0.5) is 4.79 Å². The van der Waals surface area contributed by atoms with Crippen molar-refractivity contribution in [2.45, 2.75) is 69.6 Å². The smallest absolute Gasteiger partial charge is 0.414 e. The van der Waals surface area contributed by atoms with Crippen LogP contribution in [0.1, 0.15) is 74.9 Å². The van der Waals surface area contributed by atoms with Crippen LogP contribution in [0, 0.1) is 25.2 Å². The Hall–Kier alpha value is -5.76. The van der Waals surface area contributed by atoms with Crippen LogP contribution < -0.4 is 29.9 Å². The van der Waals surface area contributed by atoms with Crippen molar-refractivity contribution in [3.05, 3.63) is 85.8 Å². The number of nitriles is 1.